The molecule has 0 spiro atoms. The summed E-state index contributed by atoms with van der Waals surface area (Å²) in [5.74, 6) is -1.17. The lowest BCUT2D eigenvalue weighted by molar-refractivity contribution is 0.321. The minimum atomic E-state index is -4.08. The summed E-state index contributed by atoms with van der Waals surface area (Å²) >= 11 is 1.25. The third-order valence-electron chi connectivity index (χ3n) is 4.57. The minimum absolute atomic E-state index is 0.0185. The van der Waals surface area contributed by atoms with Gasteiger partial charge >= 0.3 is 0 Å². The summed E-state index contributed by atoms with van der Waals surface area (Å²) < 4.78 is 61.7. The first-order valence-corrected chi connectivity index (χ1v) is 12.0. The van der Waals surface area contributed by atoms with Crippen molar-refractivity contribution in [2.75, 3.05) is 11.3 Å². The maximum atomic E-state index is 14.2. The predicted molar refractivity (Wildman–Crippen MR) is 121 cm³/mol. The highest BCUT2D eigenvalue weighted by molar-refractivity contribution is 7.92. The van der Waals surface area contributed by atoms with Crippen molar-refractivity contribution in [1.82, 2.24) is 4.98 Å². The number of ether oxygens (including phenoxy) is 1. The molecule has 0 amide bonds. The van der Waals surface area contributed by atoms with Crippen LogP contribution in [-0.2, 0) is 10.0 Å². The van der Waals surface area contributed by atoms with Gasteiger partial charge in [0.05, 0.1) is 22.9 Å². The Hall–Kier alpha value is -3.30. The normalized spacial score (nSPS) is 11.3. The fraction of sp³-hybridized carbons (Fsp3) is 0.0870. The molecule has 9 heteroatoms. The van der Waals surface area contributed by atoms with E-state index in [1.807, 2.05) is 0 Å². The molecular weight excluding hydrogens is 454 g/mol. The van der Waals surface area contributed by atoms with Gasteiger partial charge in [-0.25, -0.2) is 22.2 Å². The smallest absolute Gasteiger partial charge is 0.262 e. The number of nitrogens with one attached hydrogen (secondary N) is 1. The average molecular weight is 473 g/mol. The lowest BCUT2D eigenvalue weighted by Crippen LogP contribution is -2.14. The summed E-state index contributed by atoms with van der Waals surface area (Å²) in [7, 11) is -4.08. The first-order chi connectivity index (χ1) is 15.4. The number of rotatable bonds is 7. The Balaban J connectivity index is 1.66. The van der Waals surface area contributed by atoms with Crippen LogP contribution < -0.4 is 9.46 Å². The number of para-hydroxylation sites is 1. The summed E-state index contributed by atoms with van der Waals surface area (Å²) in [6.07, 6.45) is 0. The first-order valence-electron chi connectivity index (χ1n) is 9.64. The predicted octanol–water partition coefficient (Wildman–Crippen LogP) is 5.95. The van der Waals surface area contributed by atoms with E-state index in [2.05, 4.69) is 9.71 Å². The molecule has 0 saturated heterocycles. The molecule has 0 saturated carbocycles. The number of hydrogen-bond donors (Lipinski definition) is 1. The van der Waals surface area contributed by atoms with Crippen LogP contribution >= 0.6 is 11.3 Å². The number of thiazole rings is 1. The molecule has 1 N–H and O–H groups in total. The van der Waals surface area contributed by atoms with E-state index in [1.165, 1.54) is 29.5 Å². The highest BCUT2D eigenvalue weighted by Crippen LogP contribution is 2.34. The van der Waals surface area contributed by atoms with Crippen LogP contribution in [0.2, 0.25) is 0 Å². The van der Waals surface area contributed by atoms with Crippen molar-refractivity contribution < 1.29 is 21.9 Å². The van der Waals surface area contributed by atoms with Gasteiger partial charge in [-0.1, -0.05) is 30.3 Å². The van der Waals surface area contributed by atoms with Gasteiger partial charge in [0.2, 0.25) is 0 Å². The molecule has 0 bridgehead atoms. The van der Waals surface area contributed by atoms with Crippen molar-refractivity contribution in [3.05, 3.63) is 83.7 Å². The van der Waals surface area contributed by atoms with Crippen LogP contribution in [0.3, 0.4) is 0 Å². The average Bonchev–Trinajstić information content (AvgIpc) is 3.25. The van der Waals surface area contributed by atoms with Crippen LogP contribution in [0.25, 0.3) is 21.8 Å². The molecule has 1 aromatic heterocycles. The topological polar surface area (TPSA) is 68.3 Å². The third kappa shape index (κ3) is 4.49. The molecule has 0 aliphatic heterocycles. The lowest BCUT2D eigenvalue weighted by atomic mass is 10.1. The van der Waals surface area contributed by atoms with Gasteiger partial charge in [0.1, 0.15) is 10.8 Å². The summed E-state index contributed by atoms with van der Waals surface area (Å²) in [4.78, 5) is 4.25. The number of hydrogen-bond acceptors (Lipinski definition) is 5. The number of sulfonamides is 1. The van der Waals surface area contributed by atoms with E-state index in [-0.39, 0.29) is 28.8 Å². The monoisotopic (exact) mass is 472 g/mol. The molecule has 0 atom stereocenters. The Morgan fingerprint density at radius 1 is 0.969 bits per heavy atom. The maximum absolute atomic E-state index is 14.2. The number of benzene rings is 3. The van der Waals surface area contributed by atoms with E-state index in [4.69, 9.17) is 4.74 Å². The van der Waals surface area contributed by atoms with Crippen molar-refractivity contribution >= 4 is 27.0 Å². The van der Waals surface area contributed by atoms with Gasteiger partial charge in [-0.05, 0) is 43.3 Å². The molecule has 0 unspecified atom stereocenters. The molecule has 3 aromatic carbocycles. The highest BCUT2D eigenvalue weighted by Gasteiger charge is 2.20. The number of nitrogens with zero attached hydrogens (tertiary/aromatic N) is 1. The highest BCUT2D eigenvalue weighted by atomic mass is 32.2. The van der Waals surface area contributed by atoms with E-state index in [9.17, 15) is 17.2 Å². The Morgan fingerprint density at radius 2 is 1.69 bits per heavy atom. The van der Waals surface area contributed by atoms with Gasteiger partial charge in [0.15, 0.2) is 11.6 Å². The molecule has 4 aromatic rings. The van der Waals surface area contributed by atoms with Crippen molar-refractivity contribution in [2.24, 2.45) is 0 Å². The molecule has 4 rings (SSSR count). The van der Waals surface area contributed by atoms with Crippen molar-refractivity contribution in [2.45, 2.75) is 11.8 Å². The van der Waals surface area contributed by atoms with E-state index in [0.29, 0.717) is 21.8 Å². The van der Waals surface area contributed by atoms with Crippen LogP contribution in [0, 0.1) is 11.6 Å². The molecule has 0 fully saturated rings. The maximum Gasteiger partial charge on any atom is 0.262 e. The Bertz CT molecular complexity index is 1370. The Kier molecular flexibility index (Phi) is 6.20. The first kappa shape index (κ1) is 21.9. The minimum Gasteiger partial charge on any atom is -0.491 e. The summed E-state index contributed by atoms with van der Waals surface area (Å²) in [6, 6.07) is 16.5. The molecule has 0 aliphatic rings. The summed E-state index contributed by atoms with van der Waals surface area (Å²) in [6.45, 7) is 1.97. The van der Waals surface area contributed by atoms with Gasteiger partial charge in [-0.15, -0.1) is 11.3 Å². The summed E-state index contributed by atoms with van der Waals surface area (Å²) in [5, 5.41) is 2.20. The SMILES string of the molecule is CCOc1ccc(S(=O)(=O)Nc2ccccc2-c2csc(-c3ccccc3F)n2)cc1F. The van der Waals surface area contributed by atoms with Gasteiger partial charge in [0.25, 0.3) is 10.0 Å². The Labute approximate surface area is 188 Å². The second-order valence-corrected chi connectivity index (χ2v) is 9.23. The van der Waals surface area contributed by atoms with E-state index < -0.39 is 15.8 Å². The van der Waals surface area contributed by atoms with Crippen LogP contribution in [0.5, 0.6) is 5.75 Å². The third-order valence-corrected chi connectivity index (χ3v) is 6.81. The zero-order valence-electron chi connectivity index (χ0n) is 16.9. The number of anilines is 1. The lowest BCUT2D eigenvalue weighted by Gasteiger charge is -2.12. The van der Waals surface area contributed by atoms with Crippen LogP contribution in [0.4, 0.5) is 14.5 Å². The Morgan fingerprint density at radius 3 is 2.41 bits per heavy atom. The number of aromatic nitrogens is 1. The van der Waals surface area contributed by atoms with Crippen LogP contribution in [0.15, 0.2) is 77.0 Å². The molecule has 32 heavy (non-hydrogen) atoms. The van der Waals surface area contributed by atoms with Crippen LogP contribution in [0.1, 0.15) is 6.92 Å². The van der Waals surface area contributed by atoms with Crippen molar-refractivity contribution in [1.29, 1.82) is 0 Å². The quantitative estimate of drug-likeness (QED) is 0.361. The molecule has 0 radical (unpaired) electrons. The van der Waals surface area contributed by atoms with E-state index >= 15 is 0 Å². The fourth-order valence-electron chi connectivity index (χ4n) is 3.08. The number of halogens is 2. The molecule has 5 nitrogen and oxygen atoms in total. The zero-order chi connectivity index (χ0) is 22.7. The van der Waals surface area contributed by atoms with Gasteiger partial charge in [0, 0.05) is 16.5 Å². The van der Waals surface area contributed by atoms with Crippen LogP contribution in [-0.4, -0.2) is 20.0 Å². The molecule has 1 heterocycles. The summed E-state index contributed by atoms with van der Waals surface area (Å²) in [5.41, 5.74) is 1.64. The molecule has 164 valence electrons. The van der Waals surface area contributed by atoms with Crippen molar-refractivity contribution in [3.8, 4) is 27.6 Å². The van der Waals surface area contributed by atoms with Gasteiger partial charge in [-0.2, -0.15) is 0 Å². The molecular formula is C23H18F2N2O3S2. The zero-order valence-corrected chi connectivity index (χ0v) is 18.5. The second kappa shape index (κ2) is 9.05. The fourth-order valence-corrected chi connectivity index (χ4v) is 5.01. The van der Waals surface area contributed by atoms with Crippen molar-refractivity contribution in [3.63, 3.8) is 0 Å². The largest absolute Gasteiger partial charge is 0.491 e. The van der Waals surface area contributed by atoms with E-state index in [1.54, 1.807) is 54.8 Å². The standard InChI is InChI=1S/C23H18F2N2O3S2/c1-2-30-22-12-11-15(13-19(22)25)32(28,29)27-20-10-6-4-8-17(20)21-14-31-23(26-21)16-7-3-5-9-18(16)24/h3-14,27H,2H2,1H3. The molecule has 0 aliphatic carbocycles. The second-order valence-electron chi connectivity index (χ2n) is 6.69. The van der Waals surface area contributed by atoms with E-state index in [0.717, 1.165) is 6.07 Å². The van der Waals surface area contributed by atoms with Gasteiger partial charge in [-0.3, -0.25) is 4.72 Å². The van der Waals surface area contributed by atoms with Gasteiger partial charge < -0.3 is 4.74 Å².